The lowest BCUT2D eigenvalue weighted by molar-refractivity contribution is -0.140. The van der Waals surface area contributed by atoms with Gasteiger partial charge in [-0.1, -0.05) is 48.0 Å². The Balaban J connectivity index is 2.26. The average Bonchev–Trinajstić information content (AvgIpc) is 2.50. The third-order valence-electron chi connectivity index (χ3n) is 2.82. The summed E-state index contributed by atoms with van der Waals surface area (Å²) in [5.74, 6) is 0.310. The van der Waals surface area contributed by atoms with Crippen LogP contribution in [0.15, 0.2) is 60.4 Å². The second-order valence-corrected chi connectivity index (χ2v) is 4.55. The Morgan fingerprint density at radius 3 is 2.33 bits per heavy atom. The minimum Gasteiger partial charge on any atom is -0.460 e. The quantitative estimate of drug-likeness (QED) is 0.473. The molecule has 0 aliphatic rings. The third kappa shape index (κ3) is 4.49. The van der Waals surface area contributed by atoms with Gasteiger partial charge >= 0.3 is 5.97 Å². The van der Waals surface area contributed by atoms with E-state index in [-0.39, 0.29) is 5.76 Å². The Hall–Kier alpha value is -2.55. The highest BCUT2D eigenvalue weighted by Gasteiger charge is 2.13. The normalized spacial score (nSPS) is 11.0. The minimum absolute atomic E-state index is 0.173. The first-order valence-corrected chi connectivity index (χ1v) is 6.87. The van der Waals surface area contributed by atoms with Gasteiger partial charge in [0.15, 0.2) is 0 Å². The second-order valence-electron chi connectivity index (χ2n) is 4.55. The fourth-order valence-electron chi connectivity index (χ4n) is 1.77. The van der Waals surface area contributed by atoms with Crippen LogP contribution in [0.4, 0.5) is 0 Å². The van der Waals surface area contributed by atoms with Gasteiger partial charge in [0.05, 0.1) is 6.61 Å². The summed E-state index contributed by atoms with van der Waals surface area (Å²) in [6.07, 6.45) is 1.68. The zero-order valence-electron chi connectivity index (χ0n) is 12.2. The fraction of sp³-hybridized carbons (Fsp3) is 0.167. The van der Waals surface area contributed by atoms with Gasteiger partial charge in [0.2, 0.25) is 5.76 Å². The number of aryl methyl sites for hydroxylation is 1. The number of hydrogen-bond donors (Lipinski definition) is 0. The van der Waals surface area contributed by atoms with Gasteiger partial charge in [-0.05, 0) is 37.6 Å². The summed E-state index contributed by atoms with van der Waals surface area (Å²) in [6.45, 7) is 4.07. The molecule has 0 radical (unpaired) electrons. The lowest BCUT2D eigenvalue weighted by atomic mass is 10.2. The molecule has 0 aliphatic carbocycles. The first-order valence-electron chi connectivity index (χ1n) is 6.87. The van der Waals surface area contributed by atoms with Crippen molar-refractivity contribution in [1.82, 2.24) is 0 Å². The number of carbonyl (C=O) groups is 1. The molecule has 0 unspecified atom stereocenters. The molecule has 0 aromatic heterocycles. The van der Waals surface area contributed by atoms with Gasteiger partial charge in [-0.25, -0.2) is 4.79 Å². The van der Waals surface area contributed by atoms with Crippen LogP contribution in [0, 0.1) is 6.92 Å². The molecule has 0 atom stereocenters. The van der Waals surface area contributed by atoms with Gasteiger partial charge in [0.1, 0.15) is 5.75 Å². The fourth-order valence-corrected chi connectivity index (χ4v) is 1.77. The first-order chi connectivity index (χ1) is 10.2. The number of hydrogen-bond acceptors (Lipinski definition) is 3. The standard InChI is InChI=1S/C18H18O3/c1-3-20-18(19)17(13-15-7-5-4-6-8-15)21-16-11-9-14(2)10-12-16/h4-13H,3H2,1-2H3/b17-13-. The van der Waals surface area contributed by atoms with Crippen molar-refractivity contribution < 1.29 is 14.3 Å². The van der Waals surface area contributed by atoms with Gasteiger partial charge in [-0.2, -0.15) is 0 Å². The molecular formula is C18H18O3. The van der Waals surface area contributed by atoms with E-state index in [1.54, 1.807) is 13.0 Å². The monoisotopic (exact) mass is 282 g/mol. The molecule has 0 aliphatic heterocycles. The molecule has 2 aromatic carbocycles. The smallest absolute Gasteiger partial charge is 0.374 e. The molecule has 0 heterocycles. The minimum atomic E-state index is -0.470. The second kappa shape index (κ2) is 7.29. The topological polar surface area (TPSA) is 35.5 Å². The molecule has 3 nitrogen and oxygen atoms in total. The molecule has 108 valence electrons. The summed E-state index contributed by atoms with van der Waals surface area (Å²) in [5, 5.41) is 0. The molecule has 0 fully saturated rings. The molecular weight excluding hydrogens is 264 g/mol. The van der Waals surface area contributed by atoms with Crippen LogP contribution in [0.2, 0.25) is 0 Å². The number of rotatable bonds is 5. The van der Waals surface area contributed by atoms with Gasteiger partial charge in [0, 0.05) is 0 Å². The maximum Gasteiger partial charge on any atom is 0.374 e. The summed E-state index contributed by atoms with van der Waals surface area (Å²) < 4.78 is 10.7. The lowest BCUT2D eigenvalue weighted by Crippen LogP contribution is -2.12. The van der Waals surface area contributed by atoms with Crippen LogP contribution >= 0.6 is 0 Å². The summed E-state index contributed by atoms with van der Waals surface area (Å²) in [7, 11) is 0. The van der Waals surface area contributed by atoms with Crippen molar-refractivity contribution in [2.45, 2.75) is 13.8 Å². The molecule has 2 aromatic rings. The molecule has 0 spiro atoms. The zero-order chi connectivity index (χ0) is 15.1. The van der Waals surface area contributed by atoms with E-state index in [0.717, 1.165) is 11.1 Å². The van der Waals surface area contributed by atoms with Crippen molar-refractivity contribution in [3.8, 4) is 5.75 Å². The van der Waals surface area contributed by atoms with Crippen molar-refractivity contribution in [2.24, 2.45) is 0 Å². The van der Waals surface area contributed by atoms with Gasteiger partial charge in [-0.3, -0.25) is 0 Å². The van der Waals surface area contributed by atoms with Gasteiger partial charge in [0.25, 0.3) is 0 Å². The van der Waals surface area contributed by atoms with Crippen molar-refractivity contribution >= 4 is 12.0 Å². The molecule has 0 saturated heterocycles. The Morgan fingerprint density at radius 2 is 1.71 bits per heavy atom. The summed E-state index contributed by atoms with van der Waals surface area (Å²) in [6, 6.07) is 17.0. The largest absolute Gasteiger partial charge is 0.460 e. The van der Waals surface area contributed by atoms with E-state index in [0.29, 0.717) is 12.4 Å². The average molecular weight is 282 g/mol. The van der Waals surface area contributed by atoms with Crippen molar-refractivity contribution in [3.63, 3.8) is 0 Å². The zero-order valence-corrected chi connectivity index (χ0v) is 12.2. The van der Waals surface area contributed by atoms with E-state index in [1.165, 1.54) is 0 Å². The highest BCUT2D eigenvalue weighted by atomic mass is 16.6. The molecule has 0 amide bonds. The first kappa shape index (κ1) is 14.9. The van der Waals surface area contributed by atoms with Crippen molar-refractivity contribution in [3.05, 3.63) is 71.5 Å². The highest BCUT2D eigenvalue weighted by molar-refractivity contribution is 5.92. The van der Waals surface area contributed by atoms with Crippen molar-refractivity contribution in [1.29, 1.82) is 0 Å². The summed E-state index contributed by atoms with van der Waals surface area (Å²) in [4.78, 5) is 12.0. The van der Waals surface area contributed by atoms with Crippen LogP contribution in [-0.2, 0) is 9.53 Å². The van der Waals surface area contributed by atoms with Gasteiger partial charge < -0.3 is 9.47 Å². The Bertz CT molecular complexity index is 613. The Morgan fingerprint density at radius 1 is 1.05 bits per heavy atom. The highest BCUT2D eigenvalue weighted by Crippen LogP contribution is 2.17. The van der Waals surface area contributed by atoms with Crippen LogP contribution in [0.25, 0.3) is 6.08 Å². The van der Waals surface area contributed by atoms with E-state index in [2.05, 4.69) is 0 Å². The number of ether oxygens (including phenoxy) is 2. The summed E-state index contributed by atoms with van der Waals surface area (Å²) >= 11 is 0. The SMILES string of the molecule is CCOC(=O)/C(=C/c1ccccc1)Oc1ccc(C)cc1. The molecule has 0 saturated carbocycles. The van der Waals surface area contributed by atoms with E-state index in [4.69, 9.17) is 9.47 Å². The van der Waals surface area contributed by atoms with Crippen LogP contribution in [0.5, 0.6) is 5.75 Å². The number of benzene rings is 2. The Labute approximate surface area is 124 Å². The molecule has 2 rings (SSSR count). The Kier molecular flexibility index (Phi) is 5.16. The van der Waals surface area contributed by atoms with Crippen LogP contribution in [0.3, 0.4) is 0 Å². The molecule has 0 N–H and O–H groups in total. The molecule has 21 heavy (non-hydrogen) atoms. The number of carbonyl (C=O) groups excluding carboxylic acids is 1. The predicted octanol–water partition coefficient (Wildman–Crippen LogP) is 3.98. The van der Waals surface area contributed by atoms with E-state index in [1.807, 2.05) is 61.5 Å². The maximum atomic E-state index is 12.0. The predicted molar refractivity (Wildman–Crippen MR) is 82.9 cm³/mol. The lowest BCUT2D eigenvalue weighted by Gasteiger charge is -2.09. The van der Waals surface area contributed by atoms with E-state index in [9.17, 15) is 4.79 Å². The molecule has 3 heteroatoms. The van der Waals surface area contributed by atoms with Crippen LogP contribution in [0.1, 0.15) is 18.1 Å². The van der Waals surface area contributed by atoms with Gasteiger partial charge in [-0.15, -0.1) is 0 Å². The summed E-state index contributed by atoms with van der Waals surface area (Å²) in [5.41, 5.74) is 2.01. The molecule has 0 bridgehead atoms. The van der Waals surface area contributed by atoms with Crippen molar-refractivity contribution in [2.75, 3.05) is 6.61 Å². The van der Waals surface area contributed by atoms with Crippen LogP contribution in [-0.4, -0.2) is 12.6 Å². The van der Waals surface area contributed by atoms with E-state index >= 15 is 0 Å². The number of esters is 1. The van der Waals surface area contributed by atoms with E-state index < -0.39 is 5.97 Å². The van der Waals surface area contributed by atoms with Crippen LogP contribution < -0.4 is 4.74 Å². The maximum absolute atomic E-state index is 12.0. The third-order valence-corrected chi connectivity index (χ3v) is 2.82.